The zero-order chi connectivity index (χ0) is 36.0. The molecule has 0 saturated carbocycles. The highest BCUT2D eigenvalue weighted by Crippen LogP contribution is 2.50. The normalized spacial score (nSPS) is 19.1. The van der Waals surface area contributed by atoms with Crippen LogP contribution in [0.4, 0.5) is 22.7 Å². The Labute approximate surface area is 298 Å². The first kappa shape index (κ1) is 35.9. The summed E-state index contributed by atoms with van der Waals surface area (Å²) in [5.74, 6) is -0.538. The second kappa shape index (κ2) is 16.0. The van der Waals surface area contributed by atoms with E-state index in [-0.39, 0.29) is 19.1 Å². The lowest BCUT2D eigenvalue weighted by Gasteiger charge is -2.35. The van der Waals surface area contributed by atoms with Crippen molar-refractivity contribution in [2.75, 3.05) is 36.2 Å². The van der Waals surface area contributed by atoms with Crippen LogP contribution < -0.4 is 19.9 Å². The maximum atomic E-state index is 14.4. The molecule has 3 heterocycles. The smallest absolute Gasteiger partial charge is 0.268 e. The van der Waals surface area contributed by atoms with Crippen molar-refractivity contribution in [2.45, 2.75) is 64.1 Å². The number of carbonyl (C=O) groups excluding carboxylic acids is 2. The topological polar surface area (TPSA) is 153 Å². The number of fused-ring (bicyclic) bond motifs is 2. The summed E-state index contributed by atoms with van der Waals surface area (Å²) in [4.78, 5) is 31.9. The third-order valence-corrected chi connectivity index (χ3v) is 9.52. The molecule has 0 saturated heterocycles. The zero-order valence-corrected chi connectivity index (χ0v) is 29.1. The largest absolute Gasteiger partial charge is 0.494 e. The van der Waals surface area contributed by atoms with E-state index in [1.807, 2.05) is 80.6 Å². The summed E-state index contributed by atoms with van der Waals surface area (Å²) in [5.41, 5.74) is 2.56. The van der Waals surface area contributed by atoms with Crippen molar-refractivity contribution in [3.8, 4) is 5.75 Å². The fourth-order valence-electron chi connectivity index (χ4n) is 6.88. The molecule has 1 unspecified atom stereocenters. The summed E-state index contributed by atoms with van der Waals surface area (Å²) < 4.78 is 7.50. The van der Waals surface area contributed by atoms with Crippen LogP contribution in [0.5, 0.6) is 5.75 Å². The molecule has 268 valence electrons. The maximum absolute atomic E-state index is 14.4. The predicted molar refractivity (Wildman–Crippen MR) is 194 cm³/mol. The minimum absolute atomic E-state index is 0.00207. The highest BCUT2D eigenvalue weighted by molar-refractivity contribution is 6.13. The van der Waals surface area contributed by atoms with Gasteiger partial charge in [0.1, 0.15) is 5.75 Å². The van der Waals surface area contributed by atoms with Gasteiger partial charge in [-0.3, -0.25) is 24.1 Å². The Morgan fingerprint density at radius 2 is 1.80 bits per heavy atom. The average Bonchev–Trinajstić information content (AvgIpc) is 3.68. The predicted octanol–water partition coefficient (Wildman–Crippen LogP) is 4.31. The Balaban J connectivity index is 1.36. The van der Waals surface area contributed by atoms with Crippen molar-refractivity contribution in [2.24, 2.45) is 5.92 Å². The number of nitrogens with one attached hydrogen (secondary N) is 1. The number of aromatic nitrogens is 3. The van der Waals surface area contributed by atoms with Gasteiger partial charge in [0.25, 0.3) is 5.91 Å². The lowest BCUT2D eigenvalue weighted by molar-refractivity contribution is -0.138. The number of anilines is 4. The molecule has 4 N–H and O–H groups in total. The van der Waals surface area contributed by atoms with E-state index >= 15 is 0 Å². The van der Waals surface area contributed by atoms with E-state index < -0.39 is 23.5 Å². The molecule has 3 atom stereocenters. The summed E-state index contributed by atoms with van der Waals surface area (Å²) in [6, 6.07) is 19.8. The highest BCUT2D eigenvalue weighted by Gasteiger charge is 2.53. The van der Waals surface area contributed by atoms with E-state index in [2.05, 4.69) is 15.6 Å². The van der Waals surface area contributed by atoms with E-state index in [4.69, 9.17) is 4.74 Å². The second-order valence-electron chi connectivity index (χ2n) is 12.9. The van der Waals surface area contributed by atoms with Gasteiger partial charge in [-0.15, -0.1) is 5.10 Å². The number of para-hydroxylation sites is 1. The Hall–Kier alpha value is -4.88. The van der Waals surface area contributed by atoms with Crippen molar-refractivity contribution in [1.82, 2.24) is 20.3 Å². The first-order chi connectivity index (χ1) is 24.8. The van der Waals surface area contributed by atoms with Crippen LogP contribution in [-0.2, 0) is 34.6 Å². The van der Waals surface area contributed by atoms with Gasteiger partial charge in [0.15, 0.2) is 5.60 Å². The minimum atomic E-state index is -1.93. The molecule has 12 heteroatoms. The molecule has 1 aromatic heterocycles. The summed E-state index contributed by atoms with van der Waals surface area (Å²) in [6.07, 6.45) is 8.42. The monoisotopic (exact) mass is 694 g/mol. The Morgan fingerprint density at radius 3 is 2.57 bits per heavy atom. The fourth-order valence-corrected chi connectivity index (χ4v) is 6.88. The molecule has 2 aliphatic rings. The van der Waals surface area contributed by atoms with Gasteiger partial charge in [-0.1, -0.05) is 42.5 Å². The molecule has 2 aliphatic heterocycles. The van der Waals surface area contributed by atoms with Gasteiger partial charge in [0.2, 0.25) is 5.91 Å². The molecular weight excluding hydrogens is 648 g/mol. The molecule has 51 heavy (non-hydrogen) atoms. The van der Waals surface area contributed by atoms with Gasteiger partial charge in [0, 0.05) is 55.2 Å². The number of carbonyl (C=O) groups is 2. The lowest BCUT2D eigenvalue weighted by atomic mass is 9.82. The van der Waals surface area contributed by atoms with Gasteiger partial charge in [-0.25, -0.2) is 0 Å². The number of aryl methyl sites for hydroxylation is 1. The SMILES string of the molecule is CCOc1ccc2c(c1)CC(NCCCCO)C(=O)N2c1ccc2c(c1)[C@@](O)([C@H](C)/C=C/CCn1cc(CCO)nn1)C(=O)N2c1ccccc1. The third kappa shape index (κ3) is 7.31. The average molecular weight is 695 g/mol. The summed E-state index contributed by atoms with van der Waals surface area (Å²) in [6.45, 7) is 5.46. The van der Waals surface area contributed by atoms with Crippen LogP contribution in [0.25, 0.3) is 0 Å². The third-order valence-electron chi connectivity index (χ3n) is 9.52. The summed E-state index contributed by atoms with van der Waals surface area (Å²) in [7, 11) is 0. The molecule has 12 nitrogen and oxygen atoms in total. The zero-order valence-electron chi connectivity index (χ0n) is 29.1. The van der Waals surface area contributed by atoms with E-state index in [0.717, 1.165) is 12.0 Å². The second-order valence-corrected chi connectivity index (χ2v) is 12.9. The van der Waals surface area contributed by atoms with Crippen LogP contribution in [0.15, 0.2) is 85.1 Å². The molecule has 0 fully saturated rings. The van der Waals surface area contributed by atoms with Gasteiger partial charge >= 0.3 is 0 Å². The first-order valence-electron chi connectivity index (χ1n) is 17.7. The van der Waals surface area contributed by atoms with E-state index in [1.54, 1.807) is 32.8 Å². The number of aliphatic hydroxyl groups excluding tert-OH is 2. The van der Waals surface area contributed by atoms with Crippen LogP contribution in [-0.4, -0.2) is 74.5 Å². The number of hydrogen-bond acceptors (Lipinski definition) is 9. The van der Waals surface area contributed by atoms with Crippen molar-refractivity contribution in [3.05, 3.63) is 102 Å². The number of ether oxygens (including phenoxy) is 1. The van der Waals surface area contributed by atoms with Crippen molar-refractivity contribution in [3.63, 3.8) is 0 Å². The van der Waals surface area contributed by atoms with Crippen LogP contribution in [0.2, 0.25) is 0 Å². The number of benzene rings is 3. The number of amides is 2. The Kier molecular flexibility index (Phi) is 11.3. The highest BCUT2D eigenvalue weighted by atomic mass is 16.5. The van der Waals surface area contributed by atoms with Crippen molar-refractivity contribution >= 4 is 34.6 Å². The fraction of sp³-hybridized carbons (Fsp3) is 0.385. The summed E-state index contributed by atoms with van der Waals surface area (Å²) in [5, 5.41) is 42.5. The van der Waals surface area contributed by atoms with E-state index in [1.165, 1.54) is 0 Å². The Morgan fingerprint density at radius 1 is 1.00 bits per heavy atom. The van der Waals surface area contributed by atoms with Gasteiger partial charge < -0.3 is 25.4 Å². The van der Waals surface area contributed by atoms with Crippen LogP contribution >= 0.6 is 0 Å². The lowest BCUT2D eigenvalue weighted by Crippen LogP contribution is -2.49. The standard InChI is InChI=1S/C39H46N6O6/c1-3-51-32-15-17-35-28(23-32)24-34(40-19-8-10-21-46)37(48)44(35)31-14-16-36-33(25-31)39(50,38(49)45(36)30-12-5-4-6-13-30)27(2)11-7-9-20-43-26-29(18-22-47)41-42-43/h4-7,11-17,23,25-27,34,40,46-47,50H,3,8-10,18-22,24H2,1-2H3/b11-7+/t27-,34?,39+/m1/s1. The van der Waals surface area contributed by atoms with Gasteiger partial charge in [-0.05, 0) is 93.2 Å². The summed E-state index contributed by atoms with van der Waals surface area (Å²) >= 11 is 0. The van der Waals surface area contributed by atoms with E-state index in [0.29, 0.717) is 85.1 Å². The van der Waals surface area contributed by atoms with E-state index in [9.17, 15) is 24.9 Å². The molecule has 0 spiro atoms. The maximum Gasteiger partial charge on any atom is 0.268 e. The number of aliphatic hydroxyl groups is 3. The molecule has 0 radical (unpaired) electrons. The molecule has 0 bridgehead atoms. The molecule has 4 aromatic rings. The number of allylic oxidation sites excluding steroid dienone is 1. The molecule has 3 aromatic carbocycles. The van der Waals surface area contributed by atoms with Gasteiger partial charge in [-0.2, -0.15) is 0 Å². The molecule has 0 aliphatic carbocycles. The minimum Gasteiger partial charge on any atom is -0.494 e. The molecule has 6 rings (SSSR count). The molecular formula is C39H46N6O6. The number of unbranched alkanes of at least 4 members (excludes halogenated alkanes) is 1. The molecule has 2 amide bonds. The van der Waals surface area contributed by atoms with Crippen LogP contribution in [0.1, 0.15) is 49.9 Å². The first-order valence-corrected chi connectivity index (χ1v) is 17.7. The van der Waals surface area contributed by atoms with Crippen molar-refractivity contribution < 1.29 is 29.6 Å². The van der Waals surface area contributed by atoms with Crippen LogP contribution in [0.3, 0.4) is 0 Å². The number of nitrogens with zero attached hydrogens (tertiary/aromatic N) is 5. The quantitative estimate of drug-likeness (QED) is 0.0993. The van der Waals surface area contributed by atoms with Crippen molar-refractivity contribution in [1.29, 1.82) is 0 Å². The number of rotatable bonds is 16. The van der Waals surface area contributed by atoms with Crippen LogP contribution in [0, 0.1) is 5.92 Å². The van der Waals surface area contributed by atoms with Gasteiger partial charge in [0.05, 0.1) is 29.7 Å². The Bertz CT molecular complexity index is 1860. The number of hydrogen-bond donors (Lipinski definition) is 4.